The van der Waals surface area contributed by atoms with Crippen LogP contribution in [0.4, 0.5) is 5.82 Å². The van der Waals surface area contributed by atoms with Crippen LogP contribution in [-0.4, -0.2) is 47.1 Å². The standard InChI is InChI=1S/C22H26N4O2/c27-21(26-11-7-22(15-26)8-12-28-13-9-22)16-3-6-20(24-14-16)25-19-5-4-18-17(19)2-1-10-23-18/h1-3,6,10,14,19H,4-5,7-9,11-13,15H2,(H,24,25)/t19-/m1/s1. The smallest absolute Gasteiger partial charge is 0.255 e. The normalized spacial score (nSPS) is 23.0. The molecule has 2 aromatic rings. The van der Waals surface area contributed by atoms with Crippen LogP contribution in [0.3, 0.4) is 0 Å². The zero-order chi connectivity index (χ0) is 19.0. The Morgan fingerprint density at radius 2 is 2.07 bits per heavy atom. The van der Waals surface area contributed by atoms with Crippen molar-refractivity contribution in [2.45, 2.75) is 38.1 Å². The van der Waals surface area contributed by atoms with Crippen LogP contribution in [0, 0.1) is 5.41 Å². The summed E-state index contributed by atoms with van der Waals surface area (Å²) in [4.78, 5) is 23.9. The molecule has 0 aromatic carbocycles. The van der Waals surface area contributed by atoms with Crippen LogP contribution < -0.4 is 5.32 Å². The van der Waals surface area contributed by atoms with Crippen molar-refractivity contribution in [2.24, 2.45) is 5.41 Å². The number of aryl methyl sites for hydroxylation is 1. The van der Waals surface area contributed by atoms with E-state index in [1.807, 2.05) is 29.3 Å². The molecule has 3 aliphatic rings. The fraction of sp³-hybridized carbons (Fsp3) is 0.500. The molecule has 4 heterocycles. The van der Waals surface area contributed by atoms with Crippen molar-refractivity contribution in [1.82, 2.24) is 14.9 Å². The Kier molecular flexibility index (Phi) is 4.51. The maximum Gasteiger partial charge on any atom is 0.255 e. The van der Waals surface area contributed by atoms with E-state index in [-0.39, 0.29) is 17.4 Å². The molecule has 1 atom stereocenters. The number of rotatable bonds is 3. The van der Waals surface area contributed by atoms with Gasteiger partial charge in [-0.3, -0.25) is 9.78 Å². The first-order valence-electron chi connectivity index (χ1n) is 10.3. The van der Waals surface area contributed by atoms with Crippen molar-refractivity contribution in [3.8, 4) is 0 Å². The van der Waals surface area contributed by atoms with Crippen LogP contribution in [0.25, 0.3) is 0 Å². The summed E-state index contributed by atoms with van der Waals surface area (Å²) in [5, 5.41) is 3.49. The average molecular weight is 378 g/mol. The zero-order valence-corrected chi connectivity index (χ0v) is 16.1. The molecule has 2 fully saturated rings. The van der Waals surface area contributed by atoms with Crippen molar-refractivity contribution in [1.29, 1.82) is 0 Å². The second-order valence-corrected chi connectivity index (χ2v) is 8.30. The van der Waals surface area contributed by atoms with E-state index < -0.39 is 0 Å². The predicted octanol–water partition coefficient (Wildman–Crippen LogP) is 3.22. The highest BCUT2D eigenvalue weighted by molar-refractivity contribution is 5.94. The summed E-state index contributed by atoms with van der Waals surface area (Å²) in [6.07, 6.45) is 8.79. The lowest BCUT2D eigenvalue weighted by molar-refractivity contribution is 0.0191. The molecule has 0 unspecified atom stereocenters. The summed E-state index contributed by atoms with van der Waals surface area (Å²) in [6.45, 7) is 3.33. The minimum atomic E-state index is 0.0952. The van der Waals surface area contributed by atoms with Gasteiger partial charge >= 0.3 is 0 Å². The van der Waals surface area contributed by atoms with Crippen molar-refractivity contribution in [3.63, 3.8) is 0 Å². The van der Waals surface area contributed by atoms with E-state index >= 15 is 0 Å². The number of fused-ring (bicyclic) bond motifs is 1. The number of anilines is 1. The van der Waals surface area contributed by atoms with Crippen LogP contribution in [-0.2, 0) is 11.2 Å². The Morgan fingerprint density at radius 1 is 1.18 bits per heavy atom. The van der Waals surface area contributed by atoms with Gasteiger partial charge in [-0.1, -0.05) is 6.07 Å². The molecular weight excluding hydrogens is 352 g/mol. The van der Waals surface area contributed by atoms with Crippen LogP contribution in [0.2, 0.25) is 0 Å². The van der Waals surface area contributed by atoms with Crippen molar-refractivity contribution < 1.29 is 9.53 Å². The number of aromatic nitrogens is 2. The van der Waals surface area contributed by atoms with Gasteiger partial charge in [0.2, 0.25) is 0 Å². The molecule has 1 amide bonds. The van der Waals surface area contributed by atoms with Crippen LogP contribution in [0.5, 0.6) is 0 Å². The largest absolute Gasteiger partial charge is 0.381 e. The summed E-state index contributed by atoms with van der Waals surface area (Å²) >= 11 is 0. The lowest BCUT2D eigenvalue weighted by atomic mass is 9.80. The molecule has 6 heteroatoms. The highest BCUT2D eigenvalue weighted by Gasteiger charge is 2.41. The zero-order valence-electron chi connectivity index (χ0n) is 16.1. The molecule has 1 N–H and O–H groups in total. The number of carbonyl (C=O) groups excluding carboxylic acids is 1. The van der Waals surface area contributed by atoms with Crippen molar-refractivity contribution >= 4 is 11.7 Å². The molecule has 1 aliphatic carbocycles. The number of nitrogens with zero attached hydrogens (tertiary/aromatic N) is 3. The van der Waals surface area contributed by atoms with Gasteiger partial charge in [0, 0.05) is 44.4 Å². The van der Waals surface area contributed by atoms with Gasteiger partial charge in [0.05, 0.1) is 11.6 Å². The fourth-order valence-electron chi connectivity index (χ4n) is 4.85. The van der Waals surface area contributed by atoms with Crippen LogP contribution in [0.1, 0.15) is 53.3 Å². The number of nitrogens with one attached hydrogen (secondary N) is 1. The van der Waals surface area contributed by atoms with E-state index in [1.54, 1.807) is 6.20 Å². The van der Waals surface area contributed by atoms with E-state index in [0.717, 1.165) is 64.2 Å². The Bertz CT molecular complexity index is 861. The Balaban J connectivity index is 1.24. The molecule has 1 spiro atoms. The van der Waals surface area contributed by atoms with E-state index in [4.69, 9.17) is 4.74 Å². The third kappa shape index (κ3) is 3.26. The number of carbonyl (C=O) groups is 1. The quantitative estimate of drug-likeness (QED) is 0.888. The molecular formula is C22H26N4O2. The Labute approximate surface area is 165 Å². The molecule has 28 heavy (non-hydrogen) atoms. The summed E-state index contributed by atoms with van der Waals surface area (Å²) in [6, 6.07) is 8.16. The SMILES string of the molecule is O=C(c1ccc(N[C@@H]2CCc3ncccc32)nc1)N1CCC2(CCOCC2)C1. The van der Waals surface area contributed by atoms with Gasteiger partial charge in [0.25, 0.3) is 5.91 Å². The molecule has 2 aromatic heterocycles. The lowest BCUT2D eigenvalue weighted by Crippen LogP contribution is -2.35. The summed E-state index contributed by atoms with van der Waals surface area (Å²) in [5.41, 5.74) is 3.36. The number of ether oxygens (including phenoxy) is 1. The minimum absolute atomic E-state index is 0.0952. The average Bonchev–Trinajstić information content (AvgIpc) is 3.34. The first kappa shape index (κ1) is 17.6. The predicted molar refractivity (Wildman–Crippen MR) is 106 cm³/mol. The van der Waals surface area contributed by atoms with Crippen molar-refractivity contribution in [2.75, 3.05) is 31.6 Å². The maximum atomic E-state index is 12.9. The Morgan fingerprint density at radius 3 is 2.89 bits per heavy atom. The van der Waals surface area contributed by atoms with Gasteiger partial charge < -0.3 is 15.0 Å². The lowest BCUT2D eigenvalue weighted by Gasteiger charge is -2.33. The summed E-state index contributed by atoms with van der Waals surface area (Å²) < 4.78 is 5.50. The molecule has 2 aliphatic heterocycles. The third-order valence-electron chi connectivity index (χ3n) is 6.58. The second kappa shape index (κ2) is 7.17. The molecule has 0 saturated carbocycles. The fourth-order valence-corrected chi connectivity index (χ4v) is 4.85. The molecule has 6 nitrogen and oxygen atoms in total. The van der Waals surface area contributed by atoms with Gasteiger partial charge in [0.15, 0.2) is 0 Å². The van der Waals surface area contributed by atoms with Gasteiger partial charge in [0.1, 0.15) is 5.82 Å². The Hall–Kier alpha value is -2.47. The van der Waals surface area contributed by atoms with E-state index in [1.165, 1.54) is 11.3 Å². The van der Waals surface area contributed by atoms with Crippen LogP contribution in [0.15, 0.2) is 36.7 Å². The molecule has 5 rings (SSSR count). The highest BCUT2D eigenvalue weighted by atomic mass is 16.5. The first-order valence-corrected chi connectivity index (χ1v) is 10.3. The highest BCUT2D eigenvalue weighted by Crippen LogP contribution is 2.40. The number of amides is 1. The second-order valence-electron chi connectivity index (χ2n) is 8.30. The first-order chi connectivity index (χ1) is 13.7. The minimum Gasteiger partial charge on any atom is -0.381 e. The van der Waals surface area contributed by atoms with E-state index in [9.17, 15) is 4.79 Å². The van der Waals surface area contributed by atoms with Gasteiger partial charge in [-0.2, -0.15) is 0 Å². The van der Waals surface area contributed by atoms with Crippen molar-refractivity contribution in [3.05, 3.63) is 53.5 Å². The number of pyridine rings is 2. The van der Waals surface area contributed by atoms with Gasteiger partial charge in [-0.05, 0) is 61.3 Å². The molecule has 146 valence electrons. The molecule has 2 saturated heterocycles. The number of likely N-dealkylation sites (tertiary alicyclic amines) is 1. The maximum absolute atomic E-state index is 12.9. The topological polar surface area (TPSA) is 67.4 Å². The third-order valence-corrected chi connectivity index (χ3v) is 6.58. The van der Waals surface area contributed by atoms with E-state index in [0.29, 0.717) is 5.56 Å². The number of hydrogen-bond donors (Lipinski definition) is 1. The van der Waals surface area contributed by atoms with Gasteiger partial charge in [-0.15, -0.1) is 0 Å². The van der Waals surface area contributed by atoms with Crippen LogP contribution >= 0.6 is 0 Å². The summed E-state index contributed by atoms with van der Waals surface area (Å²) in [5.74, 6) is 0.901. The number of hydrogen-bond acceptors (Lipinski definition) is 5. The van der Waals surface area contributed by atoms with E-state index in [2.05, 4.69) is 21.4 Å². The summed E-state index contributed by atoms with van der Waals surface area (Å²) in [7, 11) is 0. The monoisotopic (exact) mass is 378 g/mol. The molecule has 0 radical (unpaired) electrons. The molecule has 0 bridgehead atoms. The van der Waals surface area contributed by atoms with Gasteiger partial charge in [-0.25, -0.2) is 4.98 Å².